The summed E-state index contributed by atoms with van der Waals surface area (Å²) in [5.41, 5.74) is 0.210. The summed E-state index contributed by atoms with van der Waals surface area (Å²) in [5, 5.41) is 3.55. The lowest BCUT2D eigenvalue weighted by molar-refractivity contribution is -0.163. The van der Waals surface area contributed by atoms with Crippen LogP contribution in [0.25, 0.3) is 0 Å². The van der Waals surface area contributed by atoms with Gasteiger partial charge in [0.2, 0.25) is 0 Å². The lowest BCUT2D eigenvalue weighted by atomic mass is 9.70. The maximum absolute atomic E-state index is 11.8. The fourth-order valence-corrected chi connectivity index (χ4v) is 3.25. The molecular weight excluding hydrogens is 220 g/mol. The number of amides is 2. The zero-order valence-electron chi connectivity index (χ0n) is 9.91. The van der Waals surface area contributed by atoms with Gasteiger partial charge < -0.3 is 10.1 Å². The maximum Gasteiger partial charge on any atom is 0.255 e. The molecule has 1 saturated carbocycles. The van der Waals surface area contributed by atoms with Crippen LogP contribution in [0.2, 0.25) is 0 Å². The quantitative estimate of drug-likeness (QED) is 0.656. The van der Waals surface area contributed by atoms with Crippen molar-refractivity contribution in [1.29, 1.82) is 0 Å². The highest BCUT2D eigenvalue weighted by molar-refractivity contribution is 5.98. The van der Waals surface area contributed by atoms with Gasteiger partial charge in [0.15, 0.2) is 0 Å². The van der Waals surface area contributed by atoms with E-state index in [9.17, 15) is 9.59 Å². The molecule has 3 rings (SSSR count). The lowest BCUT2D eigenvalue weighted by Crippen LogP contribution is -2.62. The van der Waals surface area contributed by atoms with E-state index in [0.717, 1.165) is 19.4 Å². The molecule has 2 heterocycles. The number of nitrogens with zero attached hydrogens (tertiary/aromatic N) is 1. The lowest BCUT2D eigenvalue weighted by Gasteiger charge is -2.50. The van der Waals surface area contributed by atoms with Crippen LogP contribution >= 0.6 is 0 Å². The number of piperidine rings is 1. The van der Waals surface area contributed by atoms with Crippen molar-refractivity contribution in [1.82, 2.24) is 10.2 Å². The SMILES string of the molecule is O=C1COCC(=O)N1C1CCNC2(CCC2)C1. The number of hydrogen-bond donors (Lipinski definition) is 1. The predicted molar refractivity (Wildman–Crippen MR) is 60.3 cm³/mol. The summed E-state index contributed by atoms with van der Waals surface area (Å²) in [6.45, 7) is 1.02. The molecule has 1 N–H and O–H groups in total. The Hall–Kier alpha value is -0.940. The summed E-state index contributed by atoms with van der Waals surface area (Å²) >= 11 is 0. The van der Waals surface area contributed by atoms with Crippen molar-refractivity contribution in [2.24, 2.45) is 0 Å². The standard InChI is InChI=1S/C12H18N2O3/c15-10-7-17-8-11(16)14(10)9-2-5-13-12(6-9)3-1-4-12/h9,13H,1-8H2. The van der Waals surface area contributed by atoms with Crippen LogP contribution in [0, 0.1) is 0 Å². The molecule has 3 aliphatic rings. The Morgan fingerprint density at radius 1 is 1.24 bits per heavy atom. The summed E-state index contributed by atoms with van der Waals surface area (Å²) in [6, 6.07) is 0.0837. The highest BCUT2D eigenvalue weighted by Gasteiger charge is 2.45. The predicted octanol–water partition coefficient (Wildman–Crippen LogP) is 0.0465. The van der Waals surface area contributed by atoms with Crippen molar-refractivity contribution in [2.45, 2.75) is 43.7 Å². The molecule has 2 saturated heterocycles. The molecule has 17 heavy (non-hydrogen) atoms. The first-order chi connectivity index (χ1) is 8.20. The molecule has 5 nitrogen and oxygen atoms in total. The van der Waals surface area contributed by atoms with E-state index in [0.29, 0.717) is 0 Å². The molecule has 3 fully saturated rings. The van der Waals surface area contributed by atoms with Gasteiger partial charge in [-0.3, -0.25) is 14.5 Å². The third kappa shape index (κ3) is 1.87. The van der Waals surface area contributed by atoms with Crippen LogP contribution in [-0.2, 0) is 14.3 Å². The zero-order chi connectivity index (χ0) is 11.9. The van der Waals surface area contributed by atoms with E-state index in [1.807, 2.05) is 0 Å². The van der Waals surface area contributed by atoms with Gasteiger partial charge in [-0.2, -0.15) is 0 Å². The van der Waals surface area contributed by atoms with Crippen LogP contribution in [0.4, 0.5) is 0 Å². The van der Waals surface area contributed by atoms with Gasteiger partial charge in [-0.05, 0) is 38.6 Å². The van der Waals surface area contributed by atoms with E-state index in [-0.39, 0.29) is 36.6 Å². The van der Waals surface area contributed by atoms with Crippen LogP contribution in [0.1, 0.15) is 32.1 Å². The van der Waals surface area contributed by atoms with Crippen LogP contribution in [0.3, 0.4) is 0 Å². The smallest absolute Gasteiger partial charge is 0.255 e. The van der Waals surface area contributed by atoms with Crippen LogP contribution in [0.5, 0.6) is 0 Å². The minimum absolute atomic E-state index is 0.0582. The number of hydrogen-bond acceptors (Lipinski definition) is 4. The topological polar surface area (TPSA) is 58.6 Å². The second-order valence-electron chi connectivity index (χ2n) is 5.36. The Balaban J connectivity index is 1.74. The Morgan fingerprint density at radius 2 is 1.94 bits per heavy atom. The van der Waals surface area contributed by atoms with E-state index in [1.54, 1.807) is 0 Å². The van der Waals surface area contributed by atoms with Gasteiger partial charge in [-0.15, -0.1) is 0 Å². The van der Waals surface area contributed by atoms with Gasteiger partial charge in [-0.25, -0.2) is 0 Å². The number of rotatable bonds is 1. The van der Waals surface area contributed by atoms with Gasteiger partial charge in [0.05, 0.1) is 0 Å². The maximum atomic E-state index is 11.8. The fraction of sp³-hybridized carbons (Fsp3) is 0.833. The first-order valence-corrected chi connectivity index (χ1v) is 6.38. The second kappa shape index (κ2) is 4.07. The summed E-state index contributed by atoms with van der Waals surface area (Å²) in [5.74, 6) is -0.328. The molecule has 1 aliphatic carbocycles. The second-order valence-corrected chi connectivity index (χ2v) is 5.36. The highest BCUT2D eigenvalue weighted by Crippen LogP contribution is 2.39. The van der Waals surface area contributed by atoms with E-state index >= 15 is 0 Å². The van der Waals surface area contributed by atoms with Crippen LogP contribution in [-0.4, -0.2) is 48.1 Å². The van der Waals surface area contributed by atoms with Crippen molar-refractivity contribution < 1.29 is 14.3 Å². The van der Waals surface area contributed by atoms with Gasteiger partial charge in [0.1, 0.15) is 13.2 Å². The minimum Gasteiger partial charge on any atom is -0.362 e. The Bertz CT molecular complexity index is 336. The summed E-state index contributed by atoms with van der Waals surface area (Å²) in [4.78, 5) is 25.0. The highest BCUT2D eigenvalue weighted by atomic mass is 16.5. The molecule has 0 aromatic heterocycles. The summed E-state index contributed by atoms with van der Waals surface area (Å²) in [6.07, 6.45) is 5.40. The van der Waals surface area contributed by atoms with Gasteiger partial charge in [0.25, 0.3) is 11.8 Å². The third-order valence-corrected chi connectivity index (χ3v) is 4.27. The molecular formula is C12H18N2O3. The van der Waals surface area contributed by atoms with Gasteiger partial charge in [-0.1, -0.05) is 0 Å². The van der Waals surface area contributed by atoms with Gasteiger partial charge in [0, 0.05) is 11.6 Å². The minimum atomic E-state index is -0.164. The molecule has 2 aliphatic heterocycles. The van der Waals surface area contributed by atoms with E-state index in [2.05, 4.69) is 5.32 Å². The number of morpholine rings is 1. The number of carbonyl (C=O) groups excluding carboxylic acids is 2. The summed E-state index contributed by atoms with van der Waals surface area (Å²) in [7, 11) is 0. The molecule has 1 unspecified atom stereocenters. The number of carbonyl (C=O) groups is 2. The van der Waals surface area contributed by atoms with E-state index < -0.39 is 0 Å². The number of nitrogens with one attached hydrogen (secondary N) is 1. The molecule has 0 aromatic rings. The van der Waals surface area contributed by atoms with Crippen LogP contribution < -0.4 is 5.32 Å². The van der Waals surface area contributed by atoms with E-state index in [4.69, 9.17) is 4.74 Å². The first kappa shape index (κ1) is 11.2. The Labute approximate surface area is 100 Å². The van der Waals surface area contributed by atoms with Crippen molar-refractivity contribution in [3.05, 3.63) is 0 Å². The zero-order valence-corrected chi connectivity index (χ0v) is 9.91. The normalized spacial score (nSPS) is 32.7. The molecule has 0 bridgehead atoms. The Morgan fingerprint density at radius 3 is 2.53 bits per heavy atom. The van der Waals surface area contributed by atoms with E-state index in [1.165, 1.54) is 24.2 Å². The van der Waals surface area contributed by atoms with Crippen molar-refractivity contribution in [3.63, 3.8) is 0 Å². The van der Waals surface area contributed by atoms with Crippen molar-refractivity contribution in [3.8, 4) is 0 Å². The monoisotopic (exact) mass is 238 g/mol. The van der Waals surface area contributed by atoms with Crippen molar-refractivity contribution >= 4 is 11.8 Å². The first-order valence-electron chi connectivity index (χ1n) is 6.38. The molecule has 2 amide bonds. The number of imide groups is 1. The largest absolute Gasteiger partial charge is 0.362 e. The molecule has 0 aromatic carbocycles. The molecule has 5 heteroatoms. The van der Waals surface area contributed by atoms with Gasteiger partial charge >= 0.3 is 0 Å². The number of ether oxygens (including phenoxy) is 1. The fourth-order valence-electron chi connectivity index (χ4n) is 3.25. The van der Waals surface area contributed by atoms with Crippen molar-refractivity contribution in [2.75, 3.05) is 19.8 Å². The average molecular weight is 238 g/mol. The summed E-state index contributed by atoms with van der Waals surface area (Å²) < 4.78 is 4.95. The molecule has 94 valence electrons. The molecule has 1 spiro atoms. The molecule has 1 atom stereocenters. The average Bonchev–Trinajstić information content (AvgIpc) is 2.27. The van der Waals surface area contributed by atoms with Crippen LogP contribution in [0.15, 0.2) is 0 Å². The Kier molecular flexibility index (Phi) is 2.67. The third-order valence-electron chi connectivity index (χ3n) is 4.27. The molecule has 0 radical (unpaired) electrons.